The monoisotopic (exact) mass is 1610 g/mol. The van der Waals surface area contributed by atoms with Crippen molar-refractivity contribution in [2.75, 3.05) is 178 Å². The van der Waals surface area contributed by atoms with E-state index in [1.165, 1.54) is 37.8 Å². The van der Waals surface area contributed by atoms with E-state index < -0.39 is 17.9 Å². The molecule has 38 heteroatoms. The maximum Gasteiger partial charge on any atom is 0.261 e. The molecule has 7 N–H and O–H groups in total. The number of nitrogens with zero attached hydrogens (tertiary/aromatic N) is 18. The van der Waals surface area contributed by atoms with Gasteiger partial charge in [0.25, 0.3) is 5.91 Å². The molecule has 2 unspecified atom stereocenters. The zero-order valence-corrected chi connectivity index (χ0v) is 65.3. The number of benzene rings is 1. The van der Waals surface area contributed by atoms with Gasteiger partial charge < -0.3 is 70.7 Å². The summed E-state index contributed by atoms with van der Waals surface area (Å²) >= 11 is 5.92. The van der Waals surface area contributed by atoms with Crippen LogP contribution in [0, 0.1) is 5.92 Å². The van der Waals surface area contributed by atoms with Gasteiger partial charge in [0.05, 0.1) is 110 Å². The average molecular weight is 1610 g/mol. The smallest absolute Gasteiger partial charge is 0.261 e. The molecule has 5 amide bonds. The van der Waals surface area contributed by atoms with Crippen molar-refractivity contribution in [3.05, 3.63) is 88.1 Å². The third-order valence-corrected chi connectivity index (χ3v) is 25.4. The Bertz CT molecular complexity index is 5230. The van der Waals surface area contributed by atoms with Crippen molar-refractivity contribution >= 4 is 163 Å². The number of fused-ring (bicyclic) bond motifs is 4. The molecule has 34 nitrogen and oxygen atoms in total. The molecular weight excluding hydrogens is 1530 g/mol. The van der Waals surface area contributed by atoms with E-state index in [0.717, 1.165) is 130 Å². The number of nitrogen functional groups attached to an aromatic ring is 2. The van der Waals surface area contributed by atoms with Gasteiger partial charge in [-0.2, -0.15) is 0 Å². The second-order valence-corrected chi connectivity index (χ2v) is 33.2. The number of nitrogens with two attached hydrogens (primary N) is 2. The summed E-state index contributed by atoms with van der Waals surface area (Å²) < 4.78 is 19.6. The Morgan fingerprint density at radius 3 is 1.56 bits per heavy atom. The summed E-state index contributed by atoms with van der Waals surface area (Å²) in [6, 6.07) is 13.4. The first-order chi connectivity index (χ1) is 54.9. The molecular formula is C75H83N23O11S4. The molecule has 18 rings (SSSR count). The molecule has 1 aliphatic carbocycles. The number of piperazine rings is 2. The van der Waals surface area contributed by atoms with E-state index in [2.05, 4.69) is 72.2 Å². The lowest BCUT2D eigenvalue weighted by molar-refractivity contribution is -0.144. The number of thiophene rings is 3. The van der Waals surface area contributed by atoms with Gasteiger partial charge in [-0.1, -0.05) is 23.9 Å². The van der Waals surface area contributed by atoms with Crippen molar-refractivity contribution in [2.24, 2.45) is 5.92 Å². The van der Waals surface area contributed by atoms with Crippen LogP contribution in [0.2, 0.25) is 0 Å². The molecule has 588 valence electrons. The number of morpholine rings is 3. The van der Waals surface area contributed by atoms with Gasteiger partial charge in [0.15, 0.2) is 40.0 Å². The Balaban J connectivity index is 0.000000128. The second-order valence-electron chi connectivity index (χ2n) is 28.6. The van der Waals surface area contributed by atoms with Gasteiger partial charge in [-0.15, -0.1) is 34.0 Å². The van der Waals surface area contributed by atoms with Crippen molar-refractivity contribution in [3.8, 4) is 34.2 Å². The lowest BCUT2D eigenvalue weighted by Gasteiger charge is -2.36. The summed E-state index contributed by atoms with van der Waals surface area (Å²) in [5.74, 6) is 3.08. The number of nitrogens with one attached hydrogen (secondary N) is 3. The fourth-order valence-electron chi connectivity index (χ4n) is 14.9. The summed E-state index contributed by atoms with van der Waals surface area (Å²) in [6.07, 6.45) is 9.99. The number of carbonyl (C=O) groups excluding carboxylic acids is 8. The van der Waals surface area contributed by atoms with Gasteiger partial charge in [-0.25, -0.2) is 49.8 Å². The minimum absolute atomic E-state index is 0.0282. The Morgan fingerprint density at radius 2 is 1.06 bits per heavy atom. The van der Waals surface area contributed by atoms with Crippen LogP contribution in [0.15, 0.2) is 73.4 Å². The van der Waals surface area contributed by atoms with Gasteiger partial charge in [-0.05, 0) is 36.8 Å². The van der Waals surface area contributed by atoms with Crippen LogP contribution < -0.4 is 36.8 Å². The maximum absolute atomic E-state index is 12.9. The van der Waals surface area contributed by atoms with Crippen LogP contribution in [0.25, 0.3) is 75.7 Å². The first-order valence-corrected chi connectivity index (χ1v) is 41.0. The van der Waals surface area contributed by atoms with E-state index in [-0.39, 0.29) is 83.3 Å². The largest absolute Gasteiger partial charge is 0.378 e. The Kier molecular flexibility index (Phi) is 23.1. The number of likely N-dealkylation sites (tertiary alicyclic amines) is 1. The zero-order chi connectivity index (χ0) is 77.8. The van der Waals surface area contributed by atoms with Gasteiger partial charge in [0, 0.05) is 195 Å². The van der Waals surface area contributed by atoms with Crippen LogP contribution in [0.5, 0.6) is 0 Å². The molecule has 9 aromatic heterocycles. The Morgan fingerprint density at radius 1 is 0.575 bits per heavy atom. The second kappa shape index (κ2) is 34.1. The van der Waals surface area contributed by atoms with Crippen LogP contribution in [0.3, 0.4) is 0 Å². The number of amides is 5. The Labute approximate surface area is 663 Å². The highest BCUT2D eigenvalue weighted by Gasteiger charge is 2.38. The predicted molar refractivity (Wildman–Crippen MR) is 428 cm³/mol. The number of thioether (sulfide) groups is 1. The molecule has 8 fully saturated rings. The minimum atomic E-state index is -0.520. The summed E-state index contributed by atoms with van der Waals surface area (Å²) in [5, 5.41) is 6.25. The fraction of sp³-hybridized carbons (Fsp3) is 0.440. The van der Waals surface area contributed by atoms with Crippen LogP contribution in [0.4, 0.5) is 29.4 Å². The third kappa shape index (κ3) is 17.5. The number of rotatable bonds is 16. The van der Waals surface area contributed by atoms with Crippen molar-refractivity contribution in [1.82, 2.24) is 90.0 Å². The van der Waals surface area contributed by atoms with E-state index in [4.69, 9.17) is 55.6 Å². The summed E-state index contributed by atoms with van der Waals surface area (Å²) in [5.41, 5.74) is 17.1. The number of anilines is 5. The molecule has 0 bridgehead atoms. The normalized spacial score (nSPS) is 19.5. The number of carbonyl (C=O) groups is 8. The lowest BCUT2D eigenvalue weighted by Crippen LogP contribution is -2.63. The van der Waals surface area contributed by atoms with Crippen molar-refractivity contribution < 1.29 is 52.6 Å². The van der Waals surface area contributed by atoms with Crippen molar-refractivity contribution in [2.45, 2.75) is 56.5 Å². The molecule has 8 aliphatic rings. The van der Waals surface area contributed by atoms with Crippen LogP contribution in [-0.2, 0) is 60.9 Å². The molecule has 1 saturated carbocycles. The third-order valence-electron chi connectivity index (χ3n) is 20.9. The highest BCUT2D eigenvalue weighted by molar-refractivity contribution is 8.15. The molecule has 7 aliphatic heterocycles. The number of aromatic amines is 1. The molecule has 16 heterocycles. The Hall–Kier alpha value is -10.5. The van der Waals surface area contributed by atoms with Gasteiger partial charge in [-0.3, -0.25) is 48.2 Å². The summed E-state index contributed by atoms with van der Waals surface area (Å²) in [4.78, 5) is 166. The number of β-lactam (4-membered cyclic amide) rings is 1. The van der Waals surface area contributed by atoms with Crippen LogP contribution in [-0.4, -0.2) is 288 Å². The van der Waals surface area contributed by atoms with Crippen LogP contribution >= 0.6 is 45.8 Å². The standard InChI is InChI=1S/C26H30N8O4S.C25H25N7O4S.C24H28N8O3S2/c27-26-28-13-17(14-29-26)23-30-21-12-20(39-22(21)24(31-23)33-5-7-38-8-6-33)15-32-1-3-34(4-2-32)25(37)16-9-18(35)11-19(36)10-16;1-31-13-18(25(31)35)28-20(33)12-27-24(34)19-11-17-21(37-19)23(32-7-9-36-10-8-32)30-22(29-17)15-3-2-4-16-14(15)5-6-26-16;25-24-26-12-15(13-27-24)21-28-17-11-16(36-20(17)22(29-21)31-7-9-35-10-8-31)14-30-3-5-32(6-4-30)23(34)18-1-2-19(33)37-18/h12-14,16H,1-11,15H2,(H2,27,28,29);2-6,11,18,26H,7-10,12-13H2,1H3,(H,27,34)(H,28,33);11-13,18H,1-10,14H2,(H2,25,26,27). The number of aromatic nitrogens is 11. The van der Waals surface area contributed by atoms with E-state index >= 15 is 0 Å². The SMILES string of the molecule is CN1CC(NC(=O)CNC(=O)c2cc3nc(-c4cccc5[nH]ccc45)nc(N4CCOCC4)c3s2)C1=O.Nc1ncc(-c2nc(N3CCOCC3)c3sc(CN4CCN(C(=O)C5CC(=O)CC(=O)C5)CC4)cc3n2)cn1.Nc1ncc(-c2nc(N3CCOCC3)c3sc(CN4CCN(C(=O)C5CCC(=O)S5)CC4)cc3n2)cn1. The lowest BCUT2D eigenvalue weighted by atomic mass is 9.86. The quantitative estimate of drug-likeness (QED) is 0.0670. The zero-order valence-electron chi connectivity index (χ0n) is 62.0. The molecule has 113 heavy (non-hydrogen) atoms. The molecule has 1 aromatic carbocycles. The molecule has 2 atom stereocenters. The minimum Gasteiger partial charge on any atom is -0.378 e. The molecule has 0 radical (unpaired) electrons. The topological polar surface area (TPSA) is 411 Å². The molecule has 10 aromatic rings. The number of ether oxygens (including phenoxy) is 3. The van der Waals surface area contributed by atoms with Crippen LogP contribution in [0.1, 0.15) is 51.5 Å². The number of ketones is 2. The van der Waals surface area contributed by atoms with Crippen molar-refractivity contribution in [1.29, 1.82) is 0 Å². The van der Waals surface area contributed by atoms with E-state index in [1.807, 2.05) is 35.4 Å². The number of Topliss-reactive ketones (excluding diaryl/α,β-unsaturated/α-hetero) is 2. The molecule has 7 saturated heterocycles. The average Bonchev–Trinajstić information content (AvgIpc) is 1.66. The van der Waals surface area contributed by atoms with Gasteiger partial charge in [0.1, 0.15) is 17.6 Å². The van der Waals surface area contributed by atoms with E-state index in [1.54, 1.807) is 65.5 Å². The van der Waals surface area contributed by atoms with E-state index in [0.29, 0.717) is 132 Å². The van der Waals surface area contributed by atoms with Gasteiger partial charge in [0.2, 0.25) is 35.5 Å². The number of H-pyrrole nitrogens is 1. The molecule has 0 spiro atoms. The highest BCUT2D eigenvalue weighted by atomic mass is 32.2. The van der Waals surface area contributed by atoms with Gasteiger partial charge >= 0.3 is 0 Å². The summed E-state index contributed by atoms with van der Waals surface area (Å²) in [6.45, 7) is 15.7. The number of hydrogen-bond donors (Lipinski definition) is 5. The number of likely N-dealkylation sites (N-methyl/N-ethyl adjacent to an activating group) is 1. The first kappa shape index (κ1) is 76.5. The highest BCUT2D eigenvalue weighted by Crippen LogP contribution is 2.40. The summed E-state index contributed by atoms with van der Waals surface area (Å²) in [7, 11) is 1.67. The van der Waals surface area contributed by atoms with Crippen molar-refractivity contribution in [3.63, 3.8) is 0 Å². The predicted octanol–water partition coefficient (Wildman–Crippen LogP) is 4.15. The first-order valence-electron chi connectivity index (χ1n) is 37.6. The van der Waals surface area contributed by atoms with E-state index in [9.17, 15) is 38.4 Å². The maximum atomic E-state index is 12.9. The number of hydrogen-bond acceptors (Lipinski definition) is 32. The fourth-order valence-corrected chi connectivity index (χ4v) is 19.2.